The van der Waals surface area contributed by atoms with Crippen molar-refractivity contribution in [1.82, 2.24) is 16.0 Å². The molecular weight excluding hydrogens is 963 g/mol. The fourth-order valence-corrected chi connectivity index (χ4v) is 8.07. The van der Waals surface area contributed by atoms with Gasteiger partial charge in [-0.3, -0.25) is 34.6 Å². The van der Waals surface area contributed by atoms with E-state index in [0.717, 1.165) is 122 Å². The van der Waals surface area contributed by atoms with Gasteiger partial charge in [-0.2, -0.15) is 0 Å². The zero-order chi connectivity index (χ0) is 55.7. The minimum absolute atomic E-state index is 0.0276. The smallest absolute Gasteiger partial charge is 0.411 e. The monoisotopic (exact) mass is 1040 g/mol. The van der Waals surface area contributed by atoms with Crippen LogP contribution < -0.4 is 37.2 Å². The first-order valence-corrected chi connectivity index (χ1v) is 25.1. The molecule has 0 aliphatic heterocycles. The normalized spacial score (nSPS) is 13.1. The zero-order valence-electron chi connectivity index (χ0n) is 45.4. The lowest BCUT2D eigenvalue weighted by Crippen LogP contribution is -2.35. The van der Waals surface area contributed by atoms with Crippen molar-refractivity contribution in [2.24, 2.45) is 11.8 Å². The molecule has 4 aromatic carbocycles. The van der Waals surface area contributed by atoms with Crippen LogP contribution in [0.3, 0.4) is 0 Å². The van der Waals surface area contributed by atoms with Crippen LogP contribution in [-0.4, -0.2) is 96.0 Å². The number of ether oxygens (including phenoxy) is 4. The minimum Gasteiger partial charge on any atom is -0.469 e. The van der Waals surface area contributed by atoms with Gasteiger partial charge in [-0.25, -0.2) is 14.4 Å². The highest BCUT2D eigenvalue weighted by atomic mass is 16.5. The van der Waals surface area contributed by atoms with Crippen LogP contribution in [0.25, 0.3) is 10.8 Å². The molecule has 0 saturated heterocycles. The van der Waals surface area contributed by atoms with Crippen LogP contribution in [0, 0.1) is 25.7 Å². The summed E-state index contributed by atoms with van der Waals surface area (Å²) in [5.74, 6) is 0.751. The maximum Gasteiger partial charge on any atom is 0.411 e. The Balaban J connectivity index is 0.000000348. The Kier molecular flexibility index (Phi) is 30.0. The molecule has 1 aliphatic rings. The lowest BCUT2D eigenvalue weighted by molar-refractivity contribution is -0.140. The van der Waals surface area contributed by atoms with Gasteiger partial charge in [-0.15, -0.1) is 0 Å². The molecule has 19 nitrogen and oxygen atoms in total. The number of alkyl carbamates (subject to hydrolysis) is 1. The van der Waals surface area contributed by atoms with E-state index in [9.17, 15) is 38.4 Å². The van der Waals surface area contributed by atoms with Crippen molar-refractivity contribution in [1.29, 1.82) is 0 Å². The Bertz CT molecular complexity index is 2500. The van der Waals surface area contributed by atoms with Crippen LogP contribution in [0.5, 0.6) is 0 Å². The molecule has 1 saturated carbocycles. The van der Waals surface area contributed by atoms with Gasteiger partial charge in [0.25, 0.3) is 0 Å². The minimum atomic E-state index is -0.530. The fraction of sp³-hybridized carbons (Fsp3) is 0.464. The first-order valence-electron chi connectivity index (χ1n) is 25.1. The second-order valence-corrected chi connectivity index (χ2v) is 18.1. The van der Waals surface area contributed by atoms with Crippen molar-refractivity contribution in [3.63, 3.8) is 0 Å². The molecule has 5 rings (SSSR count). The number of carbonyl (C=O) groups excluding carboxylic acids is 8. The molecule has 2 atom stereocenters. The highest BCUT2D eigenvalue weighted by Gasteiger charge is 2.22. The Morgan fingerprint density at radius 2 is 0.933 bits per heavy atom. The predicted molar refractivity (Wildman–Crippen MR) is 293 cm³/mol. The standard InChI is InChI=1S/C19H22N2O3.C14H14N2O3.C12H22N2O3.C11H21NO3/c1-12-9-15(5-7-17(12)20-14(3)22)11-16-6-8-18(13(2)10-16)21-19(23)24-4;1-9(17)15-12-7-3-6-11-10(12)5-4-8-13(11)16-14(18)19-2;1-9(15)13-7-10-4-3-5-11(6-10)8-14-12(16)17-2;1-10(13)12-9-7-5-3-4-6-8-11(14)15-2/h5-10H,11H2,1-4H3,(H,20,22)(H,21,23);3-8H,1-2H3,(H,15,17)(H,16,18);10-11H,3-8H2,1-2H3,(H,13,15)(H,14,16);3-9H2,1-2H3,(H,12,13). The largest absolute Gasteiger partial charge is 0.469 e. The molecular formula is C56H79N7O12. The molecule has 7 N–H and O–H groups in total. The number of esters is 1. The third-order valence-electron chi connectivity index (χ3n) is 11.8. The van der Waals surface area contributed by atoms with Gasteiger partial charge in [-0.05, 0) is 111 Å². The number of methoxy groups -OCH3 is 4. The van der Waals surface area contributed by atoms with Gasteiger partial charge in [0.15, 0.2) is 0 Å². The van der Waals surface area contributed by atoms with E-state index in [1.807, 2.05) is 68.4 Å². The molecule has 0 spiro atoms. The van der Waals surface area contributed by atoms with Gasteiger partial charge < -0.3 is 45.5 Å². The predicted octanol–water partition coefficient (Wildman–Crippen LogP) is 9.93. The summed E-state index contributed by atoms with van der Waals surface area (Å²) < 4.78 is 18.3. The Hall–Kier alpha value is -7.70. The third-order valence-corrected chi connectivity index (χ3v) is 11.8. The summed E-state index contributed by atoms with van der Waals surface area (Å²) in [5.41, 5.74) is 7.23. The van der Waals surface area contributed by atoms with Gasteiger partial charge in [0.2, 0.25) is 23.6 Å². The molecule has 7 amide bonds. The van der Waals surface area contributed by atoms with Crippen molar-refractivity contribution in [2.75, 3.05) is 69.3 Å². The molecule has 75 heavy (non-hydrogen) atoms. The van der Waals surface area contributed by atoms with Crippen molar-refractivity contribution in [2.45, 2.75) is 112 Å². The van der Waals surface area contributed by atoms with E-state index in [1.54, 1.807) is 19.1 Å². The Morgan fingerprint density at radius 1 is 0.480 bits per heavy atom. The highest BCUT2D eigenvalue weighted by Crippen LogP contribution is 2.30. The van der Waals surface area contributed by atoms with Crippen LogP contribution in [-0.2, 0) is 49.3 Å². The second-order valence-electron chi connectivity index (χ2n) is 18.1. The molecule has 0 aromatic heterocycles. The molecule has 0 radical (unpaired) electrons. The number of fused-ring (bicyclic) bond motifs is 1. The SMILES string of the molecule is COC(=O)CCCCCCCNC(C)=O.COC(=O)NCC1CCCC(CNC(C)=O)C1.COC(=O)Nc1ccc(Cc2ccc(NC(C)=O)c(C)c2)cc1C.COC(=O)Nc1cccc2c(NC(C)=O)cccc12. The maximum atomic E-state index is 11.3. The van der Waals surface area contributed by atoms with E-state index >= 15 is 0 Å². The van der Waals surface area contributed by atoms with Crippen LogP contribution in [0.2, 0.25) is 0 Å². The number of carbonyl (C=O) groups is 8. The molecule has 0 heterocycles. The van der Waals surface area contributed by atoms with Crippen molar-refractivity contribution >= 4 is 81.4 Å². The summed E-state index contributed by atoms with van der Waals surface area (Å²) in [4.78, 5) is 88.0. The molecule has 410 valence electrons. The molecule has 0 bridgehead atoms. The third kappa shape index (κ3) is 26.7. The average Bonchev–Trinajstić information content (AvgIpc) is 3.37. The number of aryl methyl sites for hydroxylation is 2. The molecule has 1 fully saturated rings. The number of hydrogen-bond donors (Lipinski definition) is 7. The number of hydrogen-bond acceptors (Lipinski definition) is 12. The number of unbranched alkanes of at least 4 members (excludes halogenated alkanes) is 4. The zero-order valence-corrected chi connectivity index (χ0v) is 45.4. The first-order chi connectivity index (χ1) is 35.8. The number of rotatable bonds is 18. The van der Waals surface area contributed by atoms with Gasteiger partial charge in [0.05, 0.1) is 34.1 Å². The van der Waals surface area contributed by atoms with Crippen LogP contribution in [0.4, 0.5) is 37.1 Å². The number of anilines is 4. The van der Waals surface area contributed by atoms with Crippen LogP contribution in [0.1, 0.15) is 114 Å². The fourth-order valence-electron chi connectivity index (χ4n) is 8.07. The van der Waals surface area contributed by atoms with Gasteiger partial charge >= 0.3 is 24.2 Å². The van der Waals surface area contributed by atoms with E-state index in [2.05, 4.69) is 62.2 Å². The van der Waals surface area contributed by atoms with Gasteiger partial charge in [0.1, 0.15) is 0 Å². The molecule has 4 aromatic rings. The summed E-state index contributed by atoms with van der Waals surface area (Å²) in [7, 11) is 5.43. The van der Waals surface area contributed by atoms with E-state index < -0.39 is 12.2 Å². The number of nitrogens with one attached hydrogen (secondary N) is 7. The summed E-state index contributed by atoms with van der Waals surface area (Å²) in [6.07, 6.45) is 9.61. The van der Waals surface area contributed by atoms with Crippen LogP contribution >= 0.6 is 0 Å². The van der Waals surface area contributed by atoms with Crippen molar-refractivity contribution in [3.8, 4) is 0 Å². The van der Waals surface area contributed by atoms with Crippen molar-refractivity contribution in [3.05, 3.63) is 95.1 Å². The Morgan fingerprint density at radius 3 is 1.41 bits per heavy atom. The number of benzene rings is 4. The average molecular weight is 1040 g/mol. The Labute approximate surface area is 441 Å². The van der Waals surface area contributed by atoms with E-state index in [0.29, 0.717) is 36.2 Å². The summed E-state index contributed by atoms with van der Waals surface area (Å²) in [6.45, 7) is 12.1. The summed E-state index contributed by atoms with van der Waals surface area (Å²) >= 11 is 0. The lowest BCUT2D eigenvalue weighted by Gasteiger charge is -2.29. The molecule has 2 unspecified atom stereocenters. The molecule has 1 aliphatic carbocycles. The molecule has 19 heteroatoms. The van der Waals surface area contributed by atoms with Gasteiger partial charge in [0, 0.05) is 81.6 Å². The van der Waals surface area contributed by atoms with Crippen molar-refractivity contribution < 1.29 is 57.3 Å². The summed E-state index contributed by atoms with van der Waals surface area (Å²) in [5, 5.41) is 20.9. The quantitative estimate of drug-likeness (QED) is 0.0279. The first kappa shape index (κ1) is 63.4. The van der Waals surface area contributed by atoms with E-state index in [1.165, 1.54) is 49.2 Å². The van der Waals surface area contributed by atoms with E-state index in [4.69, 9.17) is 0 Å². The maximum absolute atomic E-state index is 11.3. The summed E-state index contributed by atoms with van der Waals surface area (Å²) in [6, 6.07) is 22.9. The number of amides is 7. The topological polar surface area (TPSA) is 258 Å². The lowest BCUT2D eigenvalue weighted by atomic mass is 9.81. The highest BCUT2D eigenvalue weighted by molar-refractivity contribution is 6.08. The second kappa shape index (κ2) is 35.5. The van der Waals surface area contributed by atoms with E-state index in [-0.39, 0.29) is 35.7 Å². The van der Waals surface area contributed by atoms with Crippen LogP contribution in [0.15, 0.2) is 72.8 Å². The van der Waals surface area contributed by atoms with Gasteiger partial charge in [-0.1, -0.05) is 74.2 Å².